The molecular formula is C23H16BrNO4. The van der Waals surface area contributed by atoms with Crippen LogP contribution in [0.5, 0.6) is 5.75 Å². The number of carbonyl (C=O) groups is 3. The van der Waals surface area contributed by atoms with Crippen LogP contribution in [0.4, 0.5) is 5.69 Å². The fourth-order valence-corrected chi connectivity index (χ4v) is 4.18. The van der Waals surface area contributed by atoms with Crippen molar-refractivity contribution in [3.63, 3.8) is 0 Å². The maximum atomic E-state index is 13.1. The van der Waals surface area contributed by atoms with Crippen molar-refractivity contribution in [2.75, 3.05) is 12.4 Å². The van der Waals surface area contributed by atoms with Gasteiger partial charge in [0, 0.05) is 21.2 Å². The van der Waals surface area contributed by atoms with E-state index in [2.05, 4.69) is 21.2 Å². The topological polar surface area (TPSA) is 72.5 Å². The van der Waals surface area contributed by atoms with Gasteiger partial charge in [0.1, 0.15) is 5.75 Å². The Bertz CT molecular complexity index is 1200. The highest BCUT2D eigenvalue weighted by Gasteiger charge is 2.32. The summed E-state index contributed by atoms with van der Waals surface area (Å²) in [5.74, 6) is -0.507. The van der Waals surface area contributed by atoms with Crippen LogP contribution in [0.25, 0.3) is 0 Å². The molecule has 0 heterocycles. The zero-order valence-corrected chi connectivity index (χ0v) is 17.3. The lowest BCUT2D eigenvalue weighted by Gasteiger charge is -2.20. The first-order chi connectivity index (χ1) is 13.9. The van der Waals surface area contributed by atoms with Gasteiger partial charge in [-0.1, -0.05) is 52.3 Å². The fourth-order valence-electron chi connectivity index (χ4n) is 3.61. The van der Waals surface area contributed by atoms with Crippen molar-refractivity contribution in [2.24, 2.45) is 0 Å². The van der Waals surface area contributed by atoms with Gasteiger partial charge in [0.15, 0.2) is 11.6 Å². The summed E-state index contributed by atoms with van der Waals surface area (Å²) in [5.41, 5.74) is 2.61. The van der Waals surface area contributed by atoms with Gasteiger partial charge in [-0.25, -0.2) is 0 Å². The van der Waals surface area contributed by atoms with Crippen LogP contribution in [0.2, 0.25) is 0 Å². The van der Waals surface area contributed by atoms with E-state index in [1.165, 1.54) is 7.11 Å². The number of amides is 1. The lowest BCUT2D eigenvalue weighted by Crippen LogP contribution is -2.24. The number of rotatable bonds is 3. The van der Waals surface area contributed by atoms with Gasteiger partial charge in [-0.05, 0) is 30.7 Å². The van der Waals surface area contributed by atoms with Gasteiger partial charge < -0.3 is 10.1 Å². The summed E-state index contributed by atoms with van der Waals surface area (Å²) in [6.07, 6.45) is 0. The molecule has 1 amide bonds. The number of carbonyl (C=O) groups excluding carboxylic acids is 3. The minimum atomic E-state index is -0.432. The van der Waals surface area contributed by atoms with Crippen molar-refractivity contribution in [3.05, 3.63) is 92.5 Å². The maximum absolute atomic E-state index is 13.1. The number of benzene rings is 3. The van der Waals surface area contributed by atoms with Crippen molar-refractivity contribution in [2.45, 2.75) is 6.92 Å². The Labute approximate surface area is 175 Å². The Kier molecular flexibility index (Phi) is 4.80. The van der Waals surface area contributed by atoms with E-state index >= 15 is 0 Å². The van der Waals surface area contributed by atoms with Crippen molar-refractivity contribution >= 4 is 39.1 Å². The van der Waals surface area contributed by atoms with E-state index in [-0.39, 0.29) is 22.7 Å². The van der Waals surface area contributed by atoms with Gasteiger partial charge in [0.2, 0.25) is 0 Å². The zero-order chi connectivity index (χ0) is 20.7. The molecule has 0 radical (unpaired) electrons. The second kappa shape index (κ2) is 7.29. The number of ether oxygens (including phenoxy) is 1. The third-order valence-electron chi connectivity index (χ3n) is 4.89. The Morgan fingerprint density at radius 2 is 1.59 bits per heavy atom. The summed E-state index contributed by atoms with van der Waals surface area (Å²) in [7, 11) is 1.50. The summed E-state index contributed by atoms with van der Waals surface area (Å²) in [6.45, 7) is 1.84. The molecule has 4 rings (SSSR count). The molecule has 0 spiro atoms. The molecule has 0 aliphatic heterocycles. The SMILES string of the molecule is COc1c(C)cc(Br)cc1C(=O)Nc1cccc2c1C(=O)c1ccccc1C2=O. The quantitative estimate of drug-likeness (QED) is 0.487. The molecule has 6 heteroatoms. The van der Waals surface area contributed by atoms with Gasteiger partial charge in [-0.2, -0.15) is 0 Å². The average Bonchev–Trinajstić information content (AvgIpc) is 2.71. The Morgan fingerprint density at radius 3 is 2.28 bits per heavy atom. The molecule has 0 fully saturated rings. The monoisotopic (exact) mass is 449 g/mol. The number of anilines is 1. The van der Waals surface area contributed by atoms with Crippen LogP contribution in [0.1, 0.15) is 47.8 Å². The number of hydrogen-bond donors (Lipinski definition) is 1. The van der Waals surface area contributed by atoms with E-state index in [1.54, 1.807) is 48.5 Å². The molecule has 0 aromatic heterocycles. The molecule has 1 aliphatic rings. The van der Waals surface area contributed by atoms with Crippen molar-refractivity contribution in [1.29, 1.82) is 0 Å². The Morgan fingerprint density at radius 1 is 0.931 bits per heavy atom. The molecule has 5 nitrogen and oxygen atoms in total. The molecule has 1 aliphatic carbocycles. The summed E-state index contributed by atoms with van der Waals surface area (Å²) >= 11 is 3.39. The standard InChI is InChI=1S/C23H16BrNO4/c1-12-10-13(24)11-17(22(12)29-2)23(28)25-18-9-5-8-16-19(18)21(27)15-7-4-3-6-14(15)20(16)26/h3-11H,1-2H3,(H,25,28). The summed E-state index contributed by atoms with van der Waals surface area (Å²) < 4.78 is 6.12. The second-order valence-corrected chi connectivity index (χ2v) is 7.61. The first-order valence-electron chi connectivity index (χ1n) is 8.89. The first-order valence-corrected chi connectivity index (χ1v) is 9.68. The van der Waals surface area contributed by atoms with Gasteiger partial charge >= 0.3 is 0 Å². The van der Waals surface area contributed by atoms with Gasteiger partial charge in [0.05, 0.1) is 23.9 Å². The number of hydrogen-bond acceptors (Lipinski definition) is 4. The third-order valence-corrected chi connectivity index (χ3v) is 5.35. The highest BCUT2D eigenvalue weighted by molar-refractivity contribution is 9.10. The number of methoxy groups -OCH3 is 1. The van der Waals surface area contributed by atoms with Crippen molar-refractivity contribution in [3.8, 4) is 5.75 Å². The largest absolute Gasteiger partial charge is 0.496 e. The molecule has 3 aromatic carbocycles. The summed E-state index contributed by atoms with van der Waals surface area (Å²) in [5, 5.41) is 2.78. The number of aryl methyl sites for hydroxylation is 1. The molecule has 144 valence electrons. The Balaban J connectivity index is 1.79. The fraction of sp³-hybridized carbons (Fsp3) is 0.0870. The predicted octanol–water partition coefficient (Wildman–Crippen LogP) is 4.79. The minimum absolute atomic E-state index is 0.204. The average molecular weight is 450 g/mol. The summed E-state index contributed by atoms with van der Waals surface area (Å²) in [4.78, 5) is 39.0. The first kappa shape index (κ1) is 19.1. The van der Waals surface area contributed by atoms with E-state index in [0.717, 1.165) is 10.0 Å². The molecule has 0 unspecified atom stereocenters. The van der Waals surface area contributed by atoms with Crippen molar-refractivity contribution < 1.29 is 19.1 Å². The summed E-state index contributed by atoms with van der Waals surface area (Å²) in [6, 6.07) is 15.1. The molecule has 0 saturated carbocycles. The van der Waals surface area contributed by atoms with E-state index in [4.69, 9.17) is 4.74 Å². The van der Waals surface area contributed by atoms with Gasteiger partial charge in [-0.15, -0.1) is 0 Å². The lowest BCUT2D eigenvalue weighted by atomic mass is 9.83. The van der Waals surface area contributed by atoms with Gasteiger partial charge in [0.25, 0.3) is 5.91 Å². The van der Waals surface area contributed by atoms with E-state index in [0.29, 0.717) is 28.1 Å². The van der Waals surface area contributed by atoms with Crippen LogP contribution in [-0.2, 0) is 0 Å². The molecular weight excluding hydrogens is 434 g/mol. The lowest BCUT2D eigenvalue weighted by molar-refractivity contribution is 0.0978. The smallest absolute Gasteiger partial charge is 0.259 e. The van der Waals surface area contributed by atoms with Crippen LogP contribution in [0.15, 0.2) is 59.1 Å². The highest BCUT2D eigenvalue weighted by Crippen LogP contribution is 2.33. The highest BCUT2D eigenvalue weighted by atomic mass is 79.9. The van der Waals surface area contributed by atoms with E-state index in [1.807, 2.05) is 13.0 Å². The van der Waals surface area contributed by atoms with E-state index < -0.39 is 5.91 Å². The van der Waals surface area contributed by atoms with Crippen LogP contribution < -0.4 is 10.1 Å². The number of nitrogens with one attached hydrogen (secondary N) is 1. The second-order valence-electron chi connectivity index (χ2n) is 6.69. The molecule has 0 atom stereocenters. The minimum Gasteiger partial charge on any atom is -0.496 e. The molecule has 1 N–H and O–H groups in total. The molecule has 0 saturated heterocycles. The zero-order valence-electron chi connectivity index (χ0n) is 15.7. The van der Waals surface area contributed by atoms with E-state index in [9.17, 15) is 14.4 Å². The third kappa shape index (κ3) is 3.15. The van der Waals surface area contributed by atoms with Gasteiger partial charge in [-0.3, -0.25) is 14.4 Å². The Hall–Kier alpha value is -3.25. The number of ketones is 2. The van der Waals surface area contributed by atoms with Crippen LogP contribution in [0, 0.1) is 6.92 Å². The van der Waals surface area contributed by atoms with Crippen LogP contribution >= 0.6 is 15.9 Å². The molecule has 29 heavy (non-hydrogen) atoms. The normalized spacial score (nSPS) is 12.2. The molecule has 0 bridgehead atoms. The molecule has 3 aromatic rings. The van der Waals surface area contributed by atoms with Crippen LogP contribution in [-0.4, -0.2) is 24.6 Å². The number of fused-ring (bicyclic) bond motifs is 2. The predicted molar refractivity (Wildman–Crippen MR) is 113 cm³/mol. The number of halogens is 1. The maximum Gasteiger partial charge on any atom is 0.259 e. The van der Waals surface area contributed by atoms with Crippen molar-refractivity contribution in [1.82, 2.24) is 0 Å². The van der Waals surface area contributed by atoms with Crippen LogP contribution in [0.3, 0.4) is 0 Å².